The van der Waals surface area contributed by atoms with Crippen LogP contribution in [0.5, 0.6) is 0 Å². The molecule has 0 radical (unpaired) electrons. The van der Waals surface area contributed by atoms with Gasteiger partial charge in [0.05, 0.1) is 28.1 Å². The van der Waals surface area contributed by atoms with Gasteiger partial charge in [0, 0.05) is 41.6 Å². The molecule has 0 aliphatic carbocycles. The second-order valence-electron chi connectivity index (χ2n) is 6.12. The van der Waals surface area contributed by atoms with Crippen molar-refractivity contribution in [3.05, 3.63) is 69.3 Å². The van der Waals surface area contributed by atoms with E-state index in [4.69, 9.17) is 27.9 Å². The summed E-state index contributed by atoms with van der Waals surface area (Å²) in [7, 11) is 0. The Morgan fingerprint density at radius 1 is 1.07 bits per heavy atom. The summed E-state index contributed by atoms with van der Waals surface area (Å²) in [6.45, 7) is 2.96. The maximum Gasteiger partial charge on any atom is 0.204 e. The Bertz CT molecular complexity index is 969. The van der Waals surface area contributed by atoms with Crippen molar-refractivity contribution < 1.29 is 9.53 Å². The van der Waals surface area contributed by atoms with Gasteiger partial charge in [0.1, 0.15) is 0 Å². The van der Waals surface area contributed by atoms with E-state index in [2.05, 4.69) is 9.88 Å². The molecule has 1 aliphatic heterocycles. The van der Waals surface area contributed by atoms with Gasteiger partial charge in [-0.05, 0) is 42.0 Å². The van der Waals surface area contributed by atoms with Gasteiger partial charge < -0.3 is 9.64 Å². The number of thiophene rings is 1. The van der Waals surface area contributed by atoms with Crippen molar-refractivity contribution in [2.75, 3.05) is 31.2 Å². The number of rotatable bonds is 4. The number of morpholine rings is 1. The van der Waals surface area contributed by atoms with E-state index in [0.717, 1.165) is 29.2 Å². The number of ether oxygens (including phenoxy) is 1. The highest BCUT2D eigenvalue weighted by Gasteiger charge is 2.23. The topological polar surface area (TPSA) is 42.4 Å². The predicted octanol–water partition coefficient (Wildman–Crippen LogP) is 5.18. The zero-order valence-electron chi connectivity index (χ0n) is 14.3. The van der Waals surface area contributed by atoms with E-state index in [1.54, 1.807) is 30.6 Å². The van der Waals surface area contributed by atoms with Crippen LogP contribution in [0.25, 0.3) is 11.1 Å². The normalized spacial score (nSPS) is 14.4. The van der Waals surface area contributed by atoms with Crippen molar-refractivity contribution in [3.8, 4) is 11.1 Å². The molecule has 0 N–H and O–H groups in total. The second-order valence-corrected chi connectivity index (χ2v) is 7.99. The molecule has 0 atom stereocenters. The van der Waals surface area contributed by atoms with E-state index < -0.39 is 0 Å². The van der Waals surface area contributed by atoms with E-state index >= 15 is 0 Å². The Kier molecular flexibility index (Phi) is 5.45. The van der Waals surface area contributed by atoms with Crippen molar-refractivity contribution in [1.29, 1.82) is 0 Å². The minimum Gasteiger partial charge on any atom is -0.378 e. The van der Waals surface area contributed by atoms with Crippen LogP contribution in [-0.2, 0) is 4.74 Å². The minimum absolute atomic E-state index is 0.100. The van der Waals surface area contributed by atoms with Gasteiger partial charge in [0.25, 0.3) is 0 Å². The first kappa shape index (κ1) is 18.4. The Balaban J connectivity index is 1.77. The fourth-order valence-electron chi connectivity index (χ4n) is 3.04. The number of pyridine rings is 1. The molecule has 0 amide bonds. The summed E-state index contributed by atoms with van der Waals surface area (Å²) >= 11 is 13.7. The average Bonchev–Trinajstić information content (AvgIpc) is 3.14. The van der Waals surface area contributed by atoms with Crippen LogP contribution in [0.4, 0.5) is 5.00 Å². The van der Waals surface area contributed by atoms with Gasteiger partial charge in [-0.25, -0.2) is 0 Å². The summed E-state index contributed by atoms with van der Waals surface area (Å²) in [4.78, 5) is 20.1. The molecule has 1 saturated heterocycles. The monoisotopic (exact) mass is 418 g/mol. The fraction of sp³-hybridized carbons (Fsp3) is 0.200. The first-order valence-electron chi connectivity index (χ1n) is 8.50. The minimum atomic E-state index is -0.100. The zero-order chi connectivity index (χ0) is 18.8. The summed E-state index contributed by atoms with van der Waals surface area (Å²) in [5.41, 5.74) is 2.51. The van der Waals surface area contributed by atoms with Crippen LogP contribution in [0, 0.1) is 0 Å². The van der Waals surface area contributed by atoms with Crippen LogP contribution >= 0.6 is 34.5 Å². The molecule has 2 aromatic heterocycles. The SMILES string of the molecule is O=C(c1cc(-c2ccncc2)c(N2CCOCC2)s1)c1ccc(Cl)cc1Cl. The van der Waals surface area contributed by atoms with E-state index in [-0.39, 0.29) is 5.78 Å². The second kappa shape index (κ2) is 7.98. The van der Waals surface area contributed by atoms with Gasteiger partial charge >= 0.3 is 0 Å². The summed E-state index contributed by atoms with van der Waals surface area (Å²) in [6, 6.07) is 10.8. The smallest absolute Gasteiger partial charge is 0.204 e. The van der Waals surface area contributed by atoms with Gasteiger partial charge in [-0.3, -0.25) is 9.78 Å². The Morgan fingerprint density at radius 2 is 1.81 bits per heavy atom. The molecule has 4 rings (SSSR count). The molecule has 7 heteroatoms. The first-order chi connectivity index (χ1) is 13.1. The number of carbonyl (C=O) groups excluding carboxylic acids is 1. The molecular weight excluding hydrogens is 403 g/mol. The molecule has 27 heavy (non-hydrogen) atoms. The number of carbonyl (C=O) groups is 1. The maximum atomic E-state index is 13.1. The molecule has 3 heterocycles. The highest BCUT2D eigenvalue weighted by Crippen LogP contribution is 2.40. The molecular formula is C20H16Cl2N2O2S. The standard InChI is InChI=1S/C20H16Cl2N2O2S/c21-14-1-2-15(17(22)11-14)19(25)18-12-16(13-3-5-23-6-4-13)20(27-18)24-7-9-26-10-8-24/h1-6,11-12H,7-10H2. The molecule has 3 aromatic rings. The van der Waals surface area contributed by atoms with E-state index in [1.165, 1.54) is 11.3 Å². The molecule has 1 aliphatic rings. The van der Waals surface area contributed by atoms with Crippen LogP contribution in [0.3, 0.4) is 0 Å². The lowest BCUT2D eigenvalue weighted by Crippen LogP contribution is -2.35. The van der Waals surface area contributed by atoms with Crippen LogP contribution in [0.15, 0.2) is 48.8 Å². The van der Waals surface area contributed by atoms with Crippen molar-refractivity contribution in [2.45, 2.75) is 0 Å². The molecule has 4 nitrogen and oxygen atoms in total. The number of ketones is 1. The third-order valence-corrected chi connectivity index (χ3v) is 6.14. The van der Waals surface area contributed by atoms with Gasteiger partial charge in [-0.1, -0.05) is 23.2 Å². The number of hydrogen-bond acceptors (Lipinski definition) is 5. The number of aromatic nitrogens is 1. The van der Waals surface area contributed by atoms with E-state index in [0.29, 0.717) is 33.7 Å². The number of hydrogen-bond donors (Lipinski definition) is 0. The molecule has 1 aromatic carbocycles. The average molecular weight is 419 g/mol. The van der Waals surface area contributed by atoms with Crippen LogP contribution in [0.1, 0.15) is 15.2 Å². The molecule has 138 valence electrons. The summed E-state index contributed by atoms with van der Waals surface area (Å²) < 4.78 is 5.47. The Labute approximate surface area is 171 Å². The van der Waals surface area contributed by atoms with Gasteiger partial charge in [-0.2, -0.15) is 0 Å². The number of halogens is 2. The largest absolute Gasteiger partial charge is 0.378 e. The number of nitrogens with zero attached hydrogens (tertiary/aromatic N) is 2. The van der Waals surface area contributed by atoms with Gasteiger partial charge in [0.2, 0.25) is 5.78 Å². The van der Waals surface area contributed by atoms with Crippen molar-refractivity contribution in [2.24, 2.45) is 0 Å². The quantitative estimate of drug-likeness (QED) is 0.547. The lowest BCUT2D eigenvalue weighted by Gasteiger charge is -2.28. The number of anilines is 1. The lowest BCUT2D eigenvalue weighted by molar-refractivity contribution is 0.104. The van der Waals surface area contributed by atoms with Crippen molar-refractivity contribution >= 4 is 45.3 Å². The molecule has 0 bridgehead atoms. The molecule has 0 unspecified atom stereocenters. The number of benzene rings is 1. The van der Waals surface area contributed by atoms with Gasteiger partial charge in [0.15, 0.2) is 0 Å². The van der Waals surface area contributed by atoms with E-state index in [1.807, 2.05) is 18.2 Å². The lowest BCUT2D eigenvalue weighted by atomic mass is 10.1. The molecule has 1 fully saturated rings. The third kappa shape index (κ3) is 3.87. The summed E-state index contributed by atoms with van der Waals surface area (Å²) in [5, 5.41) is 1.94. The highest BCUT2D eigenvalue weighted by molar-refractivity contribution is 7.18. The third-order valence-electron chi connectivity index (χ3n) is 4.40. The Morgan fingerprint density at radius 3 is 2.52 bits per heavy atom. The summed E-state index contributed by atoms with van der Waals surface area (Å²) in [6.07, 6.45) is 3.52. The molecule has 0 spiro atoms. The predicted molar refractivity (Wildman–Crippen MR) is 110 cm³/mol. The van der Waals surface area contributed by atoms with Crippen molar-refractivity contribution in [3.63, 3.8) is 0 Å². The van der Waals surface area contributed by atoms with Gasteiger partial charge in [-0.15, -0.1) is 11.3 Å². The van der Waals surface area contributed by atoms with Crippen molar-refractivity contribution in [1.82, 2.24) is 4.98 Å². The van der Waals surface area contributed by atoms with Crippen LogP contribution in [-0.4, -0.2) is 37.1 Å². The zero-order valence-corrected chi connectivity index (χ0v) is 16.7. The Hall–Kier alpha value is -1.92. The van der Waals surface area contributed by atoms with E-state index in [9.17, 15) is 4.79 Å². The summed E-state index contributed by atoms with van der Waals surface area (Å²) in [5.74, 6) is -0.100. The first-order valence-corrected chi connectivity index (χ1v) is 10.1. The molecule has 0 saturated carbocycles. The van der Waals surface area contributed by atoms with Crippen LogP contribution < -0.4 is 4.90 Å². The maximum absolute atomic E-state index is 13.1. The van der Waals surface area contributed by atoms with Crippen LogP contribution in [0.2, 0.25) is 10.0 Å². The highest BCUT2D eigenvalue weighted by atomic mass is 35.5. The fourth-order valence-corrected chi connectivity index (χ4v) is 4.72.